The molecule has 5 rings (SSSR count). The number of nitrogens with zero attached hydrogens (tertiary/aromatic N) is 2. The van der Waals surface area contributed by atoms with E-state index < -0.39 is 5.97 Å². The summed E-state index contributed by atoms with van der Waals surface area (Å²) in [7, 11) is 0. The van der Waals surface area contributed by atoms with Crippen LogP contribution < -0.4 is 20.8 Å². The normalized spacial score (nSPS) is 12.4. The van der Waals surface area contributed by atoms with Gasteiger partial charge in [-0.2, -0.15) is 0 Å². The second-order valence-corrected chi connectivity index (χ2v) is 7.32. The Bertz CT molecular complexity index is 1340. The number of carbonyl (C=O) groups is 1. The van der Waals surface area contributed by atoms with E-state index in [9.17, 15) is 4.79 Å². The van der Waals surface area contributed by atoms with Crippen LogP contribution >= 0.6 is 0 Å². The van der Waals surface area contributed by atoms with Crippen LogP contribution in [0, 0.1) is 0 Å². The van der Waals surface area contributed by atoms with Crippen LogP contribution in [-0.4, -0.2) is 45.4 Å². The van der Waals surface area contributed by atoms with Crippen molar-refractivity contribution in [3.05, 3.63) is 52.9 Å². The maximum atomic E-state index is 12.8. The summed E-state index contributed by atoms with van der Waals surface area (Å²) in [6, 6.07) is 11.6. The fraction of sp³-hybridized carbons (Fsp3) is 0.261. The van der Waals surface area contributed by atoms with Gasteiger partial charge >= 0.3 is 0 Å². The van der Waals surface area contributed by atoms with Crippen LogP contribution in [0.2, 0.25) is 0 Å². The molecule has 0 fully saturated rings. The summed E-state index contributed by atoms with van der Waals surface area (Å²) in [5.41, 5.74) is 8.91. The molecule has 2 aromatic carbocycles. The number of carboxylic acids is 1. The number of aliphatic carboxylic acids is 1. The van der Waals surface area contributed by atoms with E-state index in [-0.39, 0.29) is 5.56 Å². The van der Waals surface area contributed by atoms with E-state index in [1.165, 1.54) is 0 Å². The van der Waals surface area contributed by atoms with Gasteiger partial charge in [-0.3, -0.25) is 9.59 Å². The number of para-hydroxylation sites is 1. The summed E-state index contributed by atoms with van der Waals surface area (Å²) in [5.74, 6) is 0.391. The van der Waals surface area contributed by atoms with Gasteiger partial charge in [0.25, 0.3) is 11.5 Å². The zero-order valence-electron chi connectivity index (χ0n) is 17.6. The van der Waals surface area contributed by atoms with Crippen LogP contribution in [0.4, 0.5) is 0 Å². The molecule has 4 aromatic rings. The zero-order chi connectivity index (χ0) is 22.7. The van der Waals surface area contributed by atoms with Gasteiger partial charge in [0.2, 0.25) is 0 Å². The molecule has 2 aromatic heterocycles. The van der Waals surface area contributed by atoms with Crippen molar-refractivity contribution in [3.63, 3.8) is 0 Å². The molecule has 0 bridgehead atoms. The molecule has 1 aliphatic rings. The maximum Gasteiger partial charge on any atom is 0.300 e. The highest BCUT2D eigenvalue weighted by atomic mass is 16.6. The molecule has 32 heavy (non-hydrogen) atoms. The van der Waals surface area contributed by atoms with Crippen LogP contribution in [0.5, 0.6) is 11.5 Å². The quantitative estimate of drug-likeness (QED) is 0.448. The van der Waals surface area contributed by atoms with Crippen LogP contribution in [0.25, 0.3) is 33.2 Å². The molecule has 3 heterocycles. The topological polar surface area (TPSA) is 132 Å². The summed E-state index contributed by atoms with van der Waals surface area (Å²) in [6.45, 7) is 3.44. The van der Waals surface area contributed by atoms with E-state index in [1.807, 2.05) is 30.5 Å². The van der Waals surface area contributed by atoms with Crippen LogP contribution in [0.3, 0.4) is 0 Å². The third-order valence-electron chi connectivity index (χ3n) is 5.02. The number of hydrogen-bond acceptors (Lipinski definition) is 6. The molecular formula is C23H24N4O5. The van der Waals surface area contributed by atoms with Gasteiger partial charge in [-0.25, -0.2) is 4.98 Å². The number of nitrogens with one attached hydrogen (secondary N) is 1. The predicted octanol–water partition coefficient (Wildman–Crippen LogP) is 2.76. The molecule has 0 radical (unpaired) electrons. The van der Waals surface area contributed by atoms with Crippen molar-refractivity contribution in [2.24, 2.45) is 5.73 Å². The fourth-order valence-corrected chi connectivity index (χ4v) is 3.72. The summed E-state index contributed by atoms with van der Waals surface area (Å²) in [4.78, 5) is 29.5. The molecule has 0 atom stereocenters. The van der Waals surface area contributed by atoms with Crippen molar-refractivity contribution in [1.29, 1.82) is 0 Å². The molecule has 0 spiro atoms. The minimum Gasteiger partial charge on any atom is -0.486 e. The number of ether oxygens (including phenoxy) is 2. The van der Waals surface area contributed by atoms with Crippen LogP contribution in [0.15, 0.2) is 47.4 Å². The summed E-state index contributed by atoms with van der Waals surface area (Å²) in [6.07, 6.45) is 2.84. The third kappa shape index (κ3) is 4.15. The molecule has 0 unspecified atom stereocenters. The van der Waals surface area contributed by atoms with Crippen molar-refractivity contribution in [2.75, 3.05) is 19.8 Å². The lowest BCUT2D eigenvalue weighted by molar-refractivity contribution is -0.134. The van der Waals surface area contributed by atoms with Crippen molar-refractivity contribution in [3.8, 4) is 22.8 Å². The highest BCUT2D eigenvalue weighted by Crippen LogP contribution is 2.37. The van der Waals surface area contributed by atoms with Gasteiger partial charge < -0.3 is 29.9 Å². The first-order chi connectivity index (χ1) is 15.5. The van der Waals surface area contributed by atoms with Gasteiger partial charge in [0, 0.05) is 36.1 Å². The van der Waals surface area contributed by atoms with Gasteiger partial charge in [0.1, 0.15) is 24.4 Å². The number of hydrogen-bond donors (Lipinski definition) is 3. The highest BCUT2D eigenvalue weighted by Gasteiger charge is 2.20. The number of aryl methyl sites for hydroxylation is 1. The Hall–Kier alpha value is -3.85. The SMILES string of the molecule is CC(=O)O.NCCCn1cc(-c2nc3c4c(ccc3[nH]c2=O)OCCO4)c2ccccc21. The first-order valence-corrected chi connectivity index (χ1v) is 10.3. The Labute approximate surface area is 183 Å². The van der Waals surface area contributed by atoms with E-state index in [4.69, 9.17) is 30.1 Å². The lowest BCUT2D eigenvalue weighted by Gasteiger charge is -2.19. The van der Waals surface area contributed by atoms with Crippen molar-refractivity contribution < 1.29 is 19.4 Å². The first kappa shape index (κ1) is 21.4. The number of nitrogens with two attached hydrogens (primary N) is 1. The molecule has 0 saturated carbocycles. The predicted molar refractivity (Wildman–Crippen MR) is 121 cm³/mol. The second-order valence-electron chi connectivity index (χ2n) is 7.32. The third-order valence-corrected chi connectivity index (χ3v) is 5.02. The van der Waals surface area contributed by atoms with Crippen LogP contribution in [-0.2, 0) is 11.3 Å². The molecule has 9 heteroatoms. The number of carboxylic acid groups (broad SMARTS) is 1. The molecule has 0 aliphatic carbocycles. The molecule has 1 aliphatic heterocycles. The Morgan fingerprint density at radius 1 is 1.22 bits per heavy atom. The molecular weight excluding hydrogens is 412 g/mol. The fourth-order valence-electron chi connectivity index (χ4n) is 3.72. The summed E-state index contributed by atoms with van der Waals surface area (Å²) < 4.78 is 13.6. The number of rotatable bonds is 4. The average Bonchev–Trinajstić information content (AvgIpc) is 3.15. The number of fused-ring (bicyclic) bond motifs is 4. The lowest BCUT2D eigenvalue weighted by Crippen LogP contribution is -2.17. The van der Waals surface area contributed by atoms with Gasteiger partial charge in [0.15, 0.2) is 11.5 Å². The second kappa shape index (κ2) is 9.11. The van der Waals surface area contributed by atoms with Crippen molar-refractivity contribution in [1.82, 2.24) is 14.5 Å². The van der Waals surface area contributed by atoms with Crippen molar-refractivity contribution in [2.45, 2.75) is 19.9 Å². The Balaban J connectivity index is 0.000000567. The Morgan fingerprint density at radius 3 is 2.75 bits per heavy atom. The number of H-pyrrole nitrogens is 1. The summed E-state index contributed by atoms with van der Waals surface area (Å²) >= 11 is 0. The van der Waals surface area contributed by atoms with E-state index in [0.29, 0.717) is 48.0 Å². The van der Waals surface area contributed by atoms with Gasteiger partial charge in [-0.15, -0.1) is 0 Å². The maximum absolute atomic E-state index is 12.8. The molecule has 166 valence electrons. The summed E-state index contributed by atoms with van der Waals surface area (Å²) in [5, 5.41) is 8.40. The molecule has 4 N–H and O–H groups in total. The smallest absolute Gasteiger partial charge is 0.300 e. The first-order valence-electron chi connectivity index (χ1n) is 10.3. The van der Waals surface area contributed by atoms with Gasteiger partial charge in [0.05, 0.1) is 5.52 Å². The monoisotopic (exact) mass is 436 g/mol. The Morgan fingerprint density at radius 2 is 1.97 bits per heavy atom. The van der Waals surface area contributed by atoms with E-state index in [2.05, 4.69) is 9.55 Å². The van der Waals surface area contributed by atoms with E-state index in [1.54, 1.807) is 12.1 Å². The Kier molecular flexibility index (Phi) is 6.09. The molecule has 0 saturated heterocycles. The standard InChI is InChI=1S/C21H20N4O3.C2H4O2/c22-8-3-9-25-12-14(13-4-1-2-5-16(13)25)18-21(26)23-15-6-7-17-20(19(15)24-18)28-11-10-27-17;1-2(3)4/h1-2,4-7,12H,3,8-11,22H2,(H,23,26);1H3,(H,3,4). The number of benzene rings is 2. The van der Waals surface area contributed by atoms with Gasteiger partial charge in [-0.1, -0.05) is 18.2 Å². The number of aromatic nitrogens is 3. The van der Waals surface area contributed by atoms with Crippen LogP contribution in [0.1, 0.15) is 13.3 Å². The zero-order valence-corrected chi connectivity index (χ0v) is 17.6. The average molecular weight is 436 g/mol. The minimum atomic E-state index is -0.833. The lowest BCUT2D eigenvalue weighted by atomic mass is 10.1. The largest absolute Gasteiger partial charge is 0.486 e. The van der Waals surface area contributed by atoms with Gasteiger partial charge in [-0.05, 0) is 31.2 Å². The van der Waals surface area contributed by atoms with E-state index >= 15 is 0 Å². The highest BCUT2D eigenvalue weighted by molar-refractivity contribution is 5.96. The molecule has 9 nitrogen and oxygen atoms in total. The molecule has 0 amide bonds. The minimum absolute atomic E-state index is 0.231. The van der Waals surface area contributed by atoms with Crippen molar-refractivity contribution >= 4 is 27.9 Å². The number of aromatic amines is 1. The van der Waals surface area contributed by atoms with E-state index in [0.717, 1.165) is 36.4 Å².